The SMILES string of the molecule is CC(C)[C@H](NC(=O)CCCCCN1C(=O)C=CC1=O)C(=O)N[C@@H](C)C(=O)N[C@@H](CCCCNC(=O)[C@@H]1CC[C@H](NC(=O)[C@@H](N)CCN(C(=O)CO)[C@@H](c2nc(-c3cc(F)ccc3F)cn2Cc2ccccc2)C(C)(C)C)C1)C(=O)O. The Morgan fingerprint density at radius 1 is 0.850 bits per heavy atom. The quantitative estimate of drug-likeness (QED) is 0.0349. The Balaban J connectivity index is 1.05. The van der Waals surface area contributed by atoms with Crippen LogP contribution in [0.1, 0.15) is 130 Å². The van der Waals surface area contributed by atoms with E-state index in [1.54, 1.807) is 24.6 Å². The van der Waals surface area contributed by atoms with Crippen molar-refractivity contribution in [3.63, 3.8) is 0 Å². The average Bonchev–Trinajstić information content (AvgIpc) is 4.14. The average molecular weight is 1120 g/mol. The highest BCUT2D eigenvalue weighted by atomic mass is 19.1. The fraction of sp³-hybridized carbons (Fsp3) is 0.544. The van der Waals surface area contributed by atoms with Gasteiger partial charge in [0, 0.05) is 68.5 Å². The second-order valence-corrected chi connectivity index (χ2v) is 22.0. The lowest BCUT2D eigenvalue weighted by atomic mass is 9.84. The van der Waals surface area contributed by atoms with Crippen molar-refractivity contribution in [1.29, 1.82) is 0 Å². The molecule has 0 saturated heterocycles. The number of benzene rings is 2. The summed E-state index contributed by atoms with van der Waals surface area (Å²) in [7, 11) is 0. The summed E-state index contributed by atoms with van der Waals surface area (Å²) in [5.41, 5.74) is 6.63. The Kier molecular flexibility index (Phi) is 23.6. The molecular weight excluding hydrogens is 1040 g/mol. The number of rotatable bonds is 30. The van der Waals surface area contributed by atoms with E-state index in [0.717, 1.165) is 28.7 Å². The molecule has 9 N–H and O–H groups in total. The van der Waals surface area contributed by atoms with Crippen molar-refractivity contribution in [2.45, 2.75) is 155 Å². The standard InChI is InChI=1S/C57H78F2N10O11/c1-34(2)49(66-45(71)18-11-8-14-27-68-46(72)23-24-47(68)73)55(78)62-35(3)52(75)65-43(56(79)80)17-12-13-26-61-53(76)37-19-21-39(29-37)63-54(77)42(60)25-28-69(48(74)33-70)50(57(4,5)6)51-64-44(40-30-38(58)20-22-41(40)59)32-67(51)31-36-15-9-7-10-16-36/h7,9-10,15-16,20,22-24,30,32,34-35,37,39,42-43,49-50,70H,8,11-14,17-19,21,25-29,31,33,60H2,1-6H3,(H,61,76)(H,62,78)(H,63,77)(H,65,75)(H,66,71)(H,79,80)/t35-,37+,39-,42-,43-,49-,50-/m0/s1. The number of halogens is 2. The fourth-order valence-electron chi connectivity index (χ4n) is 9.85. The van der Waals surface area contributed by atoms with E-state index in [9.17, 15) is 57.8 Å². The Hall–Kier alpha value is -7.40. The molecule has 23 heteroatoms. The molecule has 436 valence electrons. The third-order valence-corrected chi connectivity index (χ3v) is 14.2. The molecule has 0 spiro atoms. The number of aromatic nitrogens is 2. The number of unbranched alkanes of at least 4 members (excludes halogenated alkanes) is 3. The van der Waals surface area contributed by atoms with Gasteiger partial charge in [0.2, 0.25) is 35.4 Å². The van der Waals surface area contributed by atoms with Crippen LogP contribution in [0.15, 0.2) is 66.9 Å². The lowest BCUT2D eigenvalue weighted by Gasteiger charge is -2.40. The van der Waals surface area contributed by atoms with E-state index in [1.165, 1.54) is 24.0 Å². The van der Waals surface area contributed by atoms with Crippen LogP contribution in [0.5, 0.6) is 0 Å². The number of carbonyl (C=O) groups excluding carboxylic acids is 8. The van der Waals surface area contributed by atoms with Gasteiger partial charge in [-0.1, -0.05) is 71.4 Å². The molecular formula is C57H78F2N10O11. The van der Waals surface area contributed by atoms with Crippen molar-refractivity contribution in [2.75, 3.05) is 26.2 Å². The van der Waals surface area contributed by atoms with Gasteiger partial charge >= 0.3 is 5.97 Å². The van der Waals surface area contributed by atoms with Crippen LogP contribution >= 0.6 is 0 Å². The van der Waals surface area contributed by atoms with Crippen molar-refractivity contribution in [2.24, 2.45) is 23.0 Å². The first-order chi connectivity index (χ1) is 37.9. The molecule has 7 atom stereocenters. The molecule has 1 aliphatic carbocycles. The Morgan fingerprint density at radius 2 is 1.55 bits per heavy atom. The summed E-state index contributed by atoms with van der Waals surface area (Å²) in [6, 6.07) is 6.72. The first-order valence-corrected chi connectivity index (χ1v) is 27.3. The third-order valence-electron chi connectivity index (χ3n) is 14.2. The summed E-state index contributed by atoms with van der Waals surface area (Å²) in [5, 5.41) is 33.6. The monoisotopic (exact) mass is 1120 g/mol. The zero-order valence-corrected chi connectivity index (χ0v) is 46.5. The van der Waals surface area contributed by atoms with Gasteiger partial charge in [-0.25, -0.2) is 18.6 Å². The Bertz CT molecular complexity index is 2690. The second kappa shape index (κ2) is 29.7. The minimum Gasteiger partial charge on any atom is -0.480 e. The van der Waals surface area contributed by atoms with Crippen LogP contribution < -0.4 is 32.3 Å². The Labute approximate surface area is 465 Å². The highest BCUT2D eigenvalue weighted by molar-refractivity contribution is 6.12. The van der Waals surface area contributed by atoms with Gasteiger partial charge in [-0.05, 0) is 99.8 Å². The number of imide groups is 1. The maximum absolute atomic E-state index is 15.1. The van der Waals surface area contributed by atoms with Gasteiger partial charge in [0.15, 0.2) is 0 Å². The summed E-state index contributed by atoms with van der Waals surface area (Å²) in [6.07, 6.45) is 7.67. The molecule has 80 heavy (non-hydrogen) atoms. The van der Waals surface area contributed by atoms with E-state index in [1.807, 2.05) is 51.1 Å². The summed E-state index contributed by atoms with van der Waals surface area (Å²) in [5.74, 6) is -6.97. The predicted octanol–water partition coefficient (Wildman–Crippen LogP) is 3.77. The van der Waals surface area contributed by atoms with Gasteiger partial charge < -0.3 is 52.0 Å². The third kappa shape index (κ3) is 18.3. The van der Waals surface area contributed by atoms with E-state index in [0.29, 0.717) is 57.2 Å². The molecule has 1 aromatic heterocycles. The zero-order chi connectivity index (χ0) is 58.8. The number of carboxylic acid groups (broad SMARTS) is 1. The van der Waals surface area contributed by atoms with E-state index < -0.39 is 95.3 Å². The number of imidazole rings is 1. The largest absolute Gasteiger partial charge is 0.480 e. The van der Waals surface area contributed by atoms with Crippen LogP contribution in [-0.4, -0.2) is 139 Å². The number of nitrogens with two attached hydrogens (primary N) is 1. The lowest BCUT2D eigenvalue weighted by Crippen LogP contribution is -2.56. The van der Waals surface area contributed by atoms with Crippen LogP contribution in [0, 0.1) is 28.9 Å². The summed E-state index contributed by atoms with van der Waals surface area (Å²) in [6.45, 7) is 10.3. The number of aliphatic carboxylic acids is 1. The van der Waals surface area contributed by atoms with Crippen molar-refractivity contribution in [3.05, 3.63) is 89.9 Å². The molecule has 2 heterocycles. The van der Waals surface area contributed by atoms with Crippen LogP contribution in [0.2, 0.25) is 0 Å². The van der Waals surface area contributed by atoms with E-state index >= 15 is 4.39 Å². The summed E-state index contributed by atoms with van der Waals surface area (Å²) in [4.78, 5) is 122. The van der Waals surface area contributed by atoms with Gasteiger partial charge in [-0.2, -0.15) is 0 Å². The van der Waals surface area contributed by atoms with Crippen molar-refractivity contribution in [1.82, 2.24) is 45.9 Å². The predicted molar refractivity (Wildman–Crippen MR) is 291 cm³/mol. The molecule has 21 nitrogen and oxygen atoms in total. The number of aliphatic hydroxyl groups is 1. The van der Waals surface area contributed by atoms with Gasteiger partial charge in [-0.3, -0.25) is 43.3 Å². The summed E-state index contributed by atoms with van der Waals surface area (Å²) >= 11 is 0. The normalized spacial score (nSPS) is 17.1. The van der Waals surface area contributed by atoms with E-state index in [-0.39, 0.29) is 86.4 Å². The highest BCUT2D eigenvalue weighted by Gasteiger charge is 2.39. The van der Waals surface area contributed by atoms with E-state index in [2.05, 4.69) is 26.6 Å². The molecule has 2 aromatic carbocycles. The maximum atomic E-state index is 15.1. The van der Waals surface area contributed by atoms with Gasteiger partial charge in [0.05, 0.1) is 17.8 Å². The molecule has 1 saturated carbocycles. The highest BCUT2D eigenvalue weighted by Crippen LogP contribution is 2.40. The molecule has 3 aromatic rings. The molecule has 1 fully saturated rings. The van der Waals surface area contributed by atoms with Crippen molar-refractivity contribution >= 4 is 53.2 Å². The number of nitrogens with zero attached hydrogens (tertiary/aromatic N) is 4. The number of hydrogen-bond acceptors (Lipinski definition) is 12. The number of aliphatic hydroxyl groups excluding tert-OH is 1. The van der Waals surface area contributed by atoms with Crippen LogP contribution in [0.25, 0.3) is 11.3 Å². The number of carbonyl (C=O) groups is 9. The molecule has 2 aliphatic rings. The second-order valence-electron chi connectivity index (χ2n) is 22.0. The first-order valence-electron chi connectivity index (χ1n) is 27.3. The Morgan fingerprint density at radius 3 is 2.20 bits per heavy atom. The molecule has 5 rings (SSSR count). The van der Waals surface area contributed by atoms with E-state index in [4.69, 9.17) is 10.7 Å². The van der Waals surface area contributed by atoms with Gasteiger partial charge in [0.1, 0.15) is 42.2 Å². The molecule has 8 amide bonds. The van der Waals surface area contributed by atoms with Crippen molar-refractivity contribution < 1.29 is 62.1 Å². The molecule has 0 bridgehead atoms. The van der Waals surface area contributed by atoms with Crippen LogP contribution in [0.3, 0.4) is 0 Å². The fourth-order valence-corrected chi connectivity index (χ4v) is 9.85. The first kappa shape index (κ1) is 63.4. The van der Waals surface area contributed by atoms with Gasteiger partial charge in [-0.15, -0.1) is 0 Å². The minimum atomic E-state index is -1.29. The molecule has 0 unspecified atom stereocenters. The number of carboxylic acids is 1. The van der Waals surface area contributed by atoms with Gasteiger partial charge in [0.25, 0.3) is 11.8 Å². The lowest BCUT2D eigenvalue weighted by molar-refractivity contribution is -0.142. The summed E-state index contributed by atoms with van der Waals surface area (Å²) < 4.78 is 31.3. The van der Waals surface area contributed by atoms with Crippen molar-refractivity contribution in [3.8, 4) is 11.3 Å². The number of nitrogens with one attached hydrogen (secondary N) is 5. The minimum absolute atomic E-state index is 0.0211. The smallest absolute Gasteiger partial charge is 0.326 e. The zero-order valence-electron chi connectivity index (χ0n) is 46.5. The molecule has 0 radical (unpaired) electrons. The van der Waals surface area contributed by atoms with Crippen LogP contribution in [-0.2, 0) is 49.7 Å². The maximum Gasteiger partial charge on any atom is 0.326 e. The number of amides is 8. The van der Waals surface area contributed by atoms with Crippen LogP contribution in [0.4, 0.5) is 8.78 Å². The number of hydrogen-bond donors (Lipinski definition) is 8. The molecule has 1 aliphatic heterocycles. The topological polar surface area (TPSA) is 305 Å².